The van der Waals surface area contributed by atoms with Crippen molar-refractivity contribution in [1.82, 2.24) is 4.57 Å². The Balaban J connectivity index is 1.06. The van der Waals surface area contributed by atoms with Crippen molar-refractivity contribution in [2.75, 3.05) is 0 Å². The van der Waals surface area contributed by atoms with Crippen LogP contribution in [0.4, 0.5) is 0 Å². The van der Waals surface area contributed by atoms with E-state index in [1.165, 1.54) is 99.0 Å². The smallest absolute Gasteiger partial charge is 0.0541 e. The molecule has 0 saturated carbocycles. The maximum Gasteiger partial charge on any atom is 0.0541 e. The summed E-state index contributed by atoms with van der Waals surface area (Å²) in [6.45, 7) is 0. The molecule has 242 valence electrons. The van der Waals surface area contributed by atoms with Gasteiger partial charge in [-0.05, 0) is 138 Å². The number of hydrogen-bond donors (Lipinski definition) is 0. The lowest BCUT2D eigenvalue weighted by atomic mass is 9.98. The molecule has 0 spiro atoms. The molecule has 0 N–H and O–H groups in total. The van der Waals surface area contributed by atoms with Gasteiger partial charge in [-0.2, -0.15) is 0 Å². The van der Waals surface area contributed by atoms with E-state index in [0.717, 1.165) is 12.1 Å². The topological polar surface area (TPSA) is 4.93 Å². The van der Waals surface area contributed by atoms with Gasteiger partial charge in [-0.15, -0.1) is 0 Å². The van der Waals surface area contributed by atoms with Gasteiger partial charge in [0.1, 0.15) is 0 Å². The molecule has 1 nitrogen and oxygen atoms in total. The van der Waals surface area contributed by atoms with Crippen LogP contribution >= 0.6 is 0 Å². The van der Waals surface area contributed by atoms with Crippen LogP contribution in [0.1, 0.15) is 11.1 Å². The van der Waals surface area contributed by atoms with Crippen molar-refractivity contribution in [3.05, 3.63) is 199 Å². The first kappa shape index (κ1) is 29.1. The van der Waals surface area contributed by atoms with E-state index in [1.807, 2.05) is 0 Å². The minimum atomic E-state index is 1.02. The van der Waals surface area contributed by atoms with Crippen molar-refractivity contribution >= 4 is 43.4 Å². The molecule has 0 radical (unpaired) electrons. The zero-order chi connectivity index (χ0) is 34.2. The monoisotopic (exact) mass is 659 g/mol. The molecule has 11 rings (SSSR count). The predicted molar refractivity (Wildman–Crippen MR) is 220 cm³/mol. The summed E-state index contributed by atoms with van der Waals surface area (Å²) in [5, 5.41) is 7.55. The van der Waals surface area contributed by atoms with E-state index >= 15 is 0 Å². The lowest BCUT2D eigenvalue weighted by Gasteiger charge is -2.11. The third kappa shape index (κ3) is 4.63. The van der Waals surface area contributed by atoms with Crippen LogP contribution in [0.5, 0.6) is 0 Å². The molecule has 10 aromatic rings. The van der Waals surface area contributed by atoms with E-state index in [1.54, 1.807) is 0 Å². The maximum atomic E-state index is 2.43. The molecule has 0 fully saturated rings. The molecule has 0 bridgehead atoms. The van der Waals surface area contributed by atoms with Gasteiger partial charge in [0, 0.05) is 16.5 Å². The van der Waals surface area contributed by atoms with Gasteiger partial charge in [-0.3, -0.25) is 0 Å². The van der Waals surface area contributed by atoms with Crippen LogP contribution in [0, 0.1) is 0 Å². The van der Waals surface area contributed by atoms with E-state index in [4.69, 9.17) is 0 Å². The van der Waals surface area contributed by atoms with Crippen molar-refractivity contribution in [3.63, 3.8) is 0 Å². The maximum absolute atomic E-state index is 2.43. The van der Waals surface area contributed by atoms with Crippen LogP contribution in [0.15, 0.2) is 188 Å². The second-order valence-corrected chi connectivity index (χ2v) is 14.2. The van der Waals surface area contributed by atoms with Crippen LogP contribution in [-0.4, -0.2) is 4.57 Å². The Morgan fingerprint density at radius 3 is 1.40 bits per heavy atom. The summed E-state index contributed by atoms with van der Waals surface area (Å²) in [5.41, 5.74) is 16.5. The van der Waals surface area contributed by atoms with Crippen LogP contribution in [0.25, 0.3) is 93.5 Å². The summed E-state index contributed by atoms with van der Waals surface area (Å²) in [7, 11) is 0. The molecular weight excluding hydrogens is 627 g/mol. The standard InChI is InChI=1S/C51H33N/c1-3-9-36-27-38(15-13-33(36)7-1)41-21-25-50-48(31-41)49-32-42(39-16-14-34-8-2-4-10-37(34)28-39)22-26-51(49)52(50)45-23-19-35(20-24-45)40-17-18-44-29-43-11-5-6-12-46(43)47(44)30-40/h1-28,30-32H,29H2. The lowest BCUT2D eigenvalue weighted by Crippen LogP contribution is -1.94. The normalized spacial score (nSPS) is 12.2. The van der Waals surface area contributed by atoms with Gasteiger partial charge in [0.15, 0.2) is 0 Å². The van der Waals surface area contributed by atoms with Crippen molar-refractivity contribution in [2.24, 2.45) is 0 Å². The van der Waals surface area contributed by atoms with E-state index in [-0.39, 0.29) is 0 Å². The molecule has 1 aromatic heterocycles. The van der Waals surface area contributed by atoms with Gasteiger partial charge >= 0.3 is 0 Å². The molecule has 0 aliphatic heterocycles. The second-order valence-electron chi connectivity index (χ2n) is 14.2. The molecule has 1 aliphatic rings. The van der Waals surface area contributed by atoms with Crippen LogP contribution in [0.3, 0.4) is 0 Å². The van der Waals surface area contributed by atoms with Crippen LogP contribution in [-0.2, 0) is 6.42 Å². The molecule has 9 aromatic carbocycles. The summed E-state index contributed by atoms with van der Waals surface area (Å²) in [6, 6.07) is 69.6. The molecule has 1 aliphatic carbocycles. The number of benzene rings is 9. The summed E-state index contributed by atoms with van der Waals surface area (Å²) >= 11 is 0. The average Bonchev–Trinajstić information content (AvgIpc) is 3.75. The van der Waals surface area contributed by atoms with Crippen molar-refractivity contribution < 1.29 is 0 Å². The minimum Gasteiger partial charge on any atom is -0.309 e. The molecule has 0 atom stereocenters. The Labute approximate surface area is 302 Å². The van der Waals surface area contributed by atoms with Gasteiger partial charge in [-0.25, -0.2) is 0 Å². The summed E-state index contributed by atoms with van der Waals surface area (Å²) in [4.78, 5) is 0. The summed E-state index contributed by atoms with van der Waals surface area (Å²) in [5.74, 6) is 0. The van der Waals surface area contributed by atoms with E-state index in [2.05, 4.69) is 193 Å². The highest BCUT2D eigenvalue weighted by Crippen LogP contribution is 2.41. The highest BCUT2D eigenvalue weighted by molar-refractivity contribution is 6.12. The number of fused-ring (bicyclic) bond motifs is 8. The van der Waals surface area contributed by atoms with Gasteiger partial charge in [0.05, 0.1) is 11.0 Å². The third-order valence-electron chi connectivity index (χ3n) is 11.2. The molecule has 1 heterocycles. The SMILES string of the molecule is c1ccc2c(c1)Cc1ccc(-c3ccc(-n4c5ccc(-c6ccc7ccccc7c6)cc5c5cc(-c6ccc7ccccc7c6)ccc54)cc3)cc1-2. The Morgan fingerprint density at radius 1 is 0.308 bits per heavy atom. The first-order valence-electron chi connectivity index (χ1n) is 18.1. The number of hydrogen-bond acceptors (Lipinski definition) is 0. The van der Waals surface area contributed by atoms with Crippen LogP contribution in [0.2, 0.25) is 0 Å². The Bertz CT molecular complexity index is 2900. The van der Waals surface area contributed by atoms with Gasteiger partial charge in [-0.1, -0.05) is 133 Å². The van der Waals surface area contributed by atoms with E-state index in [9.17, 15) is 0 Å². The number of rotatable bonds is 4. The zero-order valence-electron chi connectivity index (χ0n) is 28.6. The molecular formula is C51H33N. The third-order valence-corrected chi connectivity index (χ3v) is 11.2. The molecule has 0 amide bonds. The molecule has 52 heavy (non-hydrogen) atoms. The van der Waals surface area contributed by atoms with Crippen molar-refractivity contribution in [1.29, 1.82) is 0 Å². The van der Waals surface area contributed by atoms with Gasteiger partial charge in [0.2, 0.25) is 0 Å². The Hall–Kier alpha value is -6.70. The molecule has 1 heteroatoms. The predicted octanol–water partition coefficient (Wildman–Crippen LogP) is 13.7. The fraction of sp³-hybridized carbons (Fsp3) is 0.0196. The van der Waals surface area contributed by atoms with Crippen molar-refractivity contribution in [2.45, 2.75) is 6.42 Å². The van der Waals surface area contributed by atoms with Gasteiger partial charge < -0.3 is 4.57 Å². The number of nitrogens with zero attached hydrogens (tertiary/aromatic N) is 1. The van der Waals surface area contributed by atoms with Crippen LogP contribution < -0.4 is 0 Å². The second kappa shape index (κ2) is 11.4. The highest BCUT2D eigenvalue weighted by Gasteiger charge is 2.19. The first-order valence-corrected chi connectivity index (χ1v) is 18.1. The zero-order valence-corrected chi connectivity index (χ0v) is 28.6. The Morgan fingerprint density at radius 2 is 0.769 bits per heavy atom. The minimum absolute atomic E-state index is 1.02. The van der Waals surface area contributed by atoms with Gasteiger partial charge in [0.25, 0.3) is 0 Å². The molecule has 0 saturated heterocycles. The fourth-order valence-corrected chi connectivity index (χ4v) is 8.50. The first-order chi connectivity index (χ1) is 25.7. The van der Waals surface area contributed by atoms with Crippen molar-refractivity contribution in [3.8, 4) is 50.2 Å². The average molecular weight is 660 g/mol. The Kier molecular flexibility index (Phi) is 6.38. The summed E-state index contributed by atoms with van der Waals surface area (Å²) < 4.78 is 2.43. The lowest BCUT2D eigenvalue weighted by molar-refractivity contribution is 1.18. The molecule has 0 unspecified atom stereocenters. The quantitative estimate of drug-likeness (QED) is 0.177. The highest BCUT2D eigenvalue weighted by atomic mass is 15.0. The van der Waals surface area contributed by atoms with E-state index in [0.29, 0.717) is 0 Å². The fourth-order valence-electron chi connectivity index (χ4n) is 8.50. The van der Waals surface area contributed by atoms with E-state index < -0.39 is 0 Å². The number of aromatic nitrogens is 1. The largest absolute Gasteiger partial charge is 0.309 e. The summed E-state index contributed by atoms with van der Waals surface area (Å²) in [6.07, 6.45) is 1.02.